The van der Waals surface area contributed by atoms with Crippen LogP contribution in [0.1, 0.15) is 52.0 Å². The predicted molar refractivity (Wildman–Crippen MR) is 150 cm³/mol. The summed E-state index contributed by atoms with van der Waals surface area (Å²) in [5, 5.41) is 3.05. The summed E-state index contributed by atoms with van der Waals surface area (Å²) >= 11 is 0. The van der Waals surface area contributed by atoms with E-state index in [1.165, 1.54) is 6.07 Å². The van der Waals surface area contributed by atoms with Gasteiger partial charge >= 0.3 is 0 Å². The van der Waals surface area contributed by atoms with Crippen molar-refractivity contribution in [3.63, 3.8) is 0 Å². The SMILES string of the molecule is CCN1[C@H](C)CN(Cc2ccc(Nc3ncc(F)c(-c4cc(F)c5nc(C)n(C(C)C)c5c4)n3)nc2)C[C@@H]1C. The van der Waals surface area contributed by atoms with Crippen LogP contribution >= 0.6 is 0 Å². The Labute approximate surface area is 228 Å². The second kappa shape index (κ2) is 10.9. The zero-order chi connectivity index (χ0) is 27.8. The summed E-state index contributed by atoms with van der Waals surface area (Å²) in [6.07, 6.45) is 2.93. The molecule has 0 spiro atoms. The molecule has 206 valence electrons. The van der Waals surface area contributed by atoms with Gasteiger partial charge in [0.25, 0.3) is 0 Å². The number of likely N-dealkylation sites (N-methyl/N-ethyl adjacent to an activating group) is 1. The van der Waals surface area contributed by atoms with E-state index < -0.39 is 11.6 Å². The van der Waals surface area contributed by atoms with Crippen LogP contribution < -0.4 is 5.32 Å². The van der Waals surface area contributed by atoms with Gasteiger partial charge in [-0.3, -0.25) is 9.80 Å². The highest BCUT2D eigenvalue weighted by molar-refractivity contribution is 5.83. The molecule has 0 saturated carbocycles. The molecule has 10 heteroatoms. The molecule has 0 radical (unpaired) electrons. The number of imidazole rings is 1. The molecule has 5 rings (SSSR count). The molecule has 1 N–H and O–H groups in total. The van der Waals surface area contributed by atoms with E-state index in [9.17, 15) is 8.78 Å². The van der Waals surface area contributed by atoms with Gasteiger partial charge in [-0.25, -0.2) is 28.7 Å². The van der Waals surface area contributed by atoms with Crippen molar-refractivity contribution in [1.82, 2.24) is 34.3 Å². The van der Waals surface area contributed by atoms with Crippen molar-refractivity contribution in [3.05, 3.63) is 59.7 Å². The fraction of sp³-hybridized carbons (Fsp3) is 0.448. The Kier molecular flexibility index (Phi) is 7.59. The van der Waals surface area contributed by atoms with Gasteiger partial charge in [-0.1, -0.05) is 13.0 Å². The average molecular weight is 535 g/mol. The zero-order valence-electron chi connectivity index (χ0n) is 23.4. The molecule has 0 amide bonds. The van der Waals surface area contributed by atoms with E-state index in [4.69, 9.17) is 0 Å². The smallest absolute Gasteiger partial charge is 0.229 e. The number of hydrogen-bond acceptors (Lipinski definition) is 7. The fourth-order valence-corrected chi connectivity index (χ4v) is 5.87. The number of piperazine rings is 1. The number of nitrogens with one attached hydrogen (secondary N) is 1. The molecule has 1 aliphatic rings. The summed E-state index contributed by atoms with van der Waals surface area (Å²) < 4.78 is 31.8. The molecule has 2 atom stereocenters. The number of aryl methyl sites for hydroxylation is 1. The van der Waals surface area contributed by atoms with Gasteiger partial charge in [-0.15, -0.1) is 0 Å². The minimum Gasteiger partial charge on any atom is -0.326 e. The van der Waals surface area contributed by atoms with Crippen molar-refractivity contribution in [2.24, 2.45) is 0 Å². The largest absolute Gasteiger partial charge is 0.326 e. The number of aromatic nitrogens is 5. The van der Waals surface area contributed by atoms with Gasteiger partial charge in [0, 0.05) is 49.5 Å². The van der Waals surface area contributed by atoms with E-state index >= 15 is 0 Å². The molecule has 1 saturated heterocycles. The lowest BCUT2D eigenvalue weighted by molar-refractivity contribution is 0.0391. The average Bonchev–Trinajstić information content (AvgIpc) is 3.23. The minimum absolute atomic E-state index is 0.00791. The lowest BCUT2D eigenvalue weighted by Gasteiger charge is -2.44. The number of nitrogens with zero attached hydrogens (tertiary/aromatic N) is 7. The van der Waals surface area contributed by atoms with E-state index in [1.54, 1.807) is 6.07 Å². The lowest BCUT2D eigenvalue weighted by atomic mass is 10.1. The van der Waals surface area contributed by atoms with Crippen molar-refractivity contribution < 1.29 is 8.78 Å². The second-order valence-corrected chi connectivity index (χ2v) is 10.7. The highest BCUT2D eigenvalue weighted by atomic mass is 19.1. The van der Waals surface area contributed by atoms with E-state index in [2.05, 4.69) is 55.8 Å². The Morgan fingerprint density at radius 3 is 2.38 bits per heavy atom. The van der Waals surface area contributed by atoms with Gasteiger partial charge in [-0.2, -0.15) is 0 Å². The maximum absolute atomic E-state index is 15.0. The highest BCUT2D eigenvalue weighted by Gasteiger charge is 2.28. The first-order valence-corrected chi connectivity index (χ1v) is 13.6. The lowest BCUT2D eigenvalue weighted by Crippen LogP contribution is -2.56. The standard InChI is InChI=1S/C29H36F2N8/c1-7-38-18(4)14-37(15-19(38)5)16-21-8-9-26(32-12-21)35-29-33-13-24(31)27(36-29)22-10-23(30)28-25(11-22)39(17(2)3)20(6)34-28/h8-13,17-19H,7,14-16H2,1-6H3,(H,32,33,35,36)/t18-,19+. The Bertz CT molecular complexity index is 1450. The van der Waals surface area contributed by atoms with Crippen LogP contribution in [-0.2, 0) is 6.54 Å². The third kappa shape index (κ3) is 5.49. The van der Waals surface area contributed by atoms with Crippen LogP contribution in [0.3, 0.4) is 0 Å². The molecular formula is C29H36F2N8. The van der Waals surface area contributed by atoms with Crippen molar-refractivity contribution in [3.8, 4) is 11.3 Å². The number of rotatable bonds is 7. The molecule has 0 bridgehead atoms. The monoisotopic (exact) mass is 534 g/mol. The molecule has 1 fully saturated rings. The van der Waals surface area contributed by atoms with Crippen LogP contribution in [0.4, 0.5) is 20.5 Å². The first kappa shape index (κ1) is 27.1. The first-order chi connectivity index (χ1) is 18.6. The Morgan fingerprint density at radius 2 is 1.74 bits per heavy atom. The van der Waals surface area contributed by atoms with Gasteiger partial charge < -0.3 is 9.88 Å². The summed E-state index contributed by atoms with van der Waals surface area (Å²) in [5.74, 6) is 0.266. The van der Waals surface area contributed by atoms with Crippen molar-refractivity contribution in [2.45, 2.75) is 66.2 Å². The van der Waals surface area contributed by atoms with Gasteiger partial charge in [0.15, 0.2) is 11.6 Å². The topological polar surface area (TPSA) is 75.0 Å². The number of halogens is 2. The molecule has 3 aromatic heterocycles. The van der Waals surface area contributed by atoms with Crippen molar-refractivity contribution >= 4 is 22.8 Å². The van der Waals surface area contributed by atoms with E-state index in [1.807, 2.05) is 43.7 Å². The van der Waals surface area contributed by atoms with Gasteiger partial charge in [0.1, 0.15) is 22.9 Å². The predicted octanol–water partition coefficient (Wildman–Crippen LogP) is 5.71. The minimum atomic E-state index is -0.637. The molecule has 4 heterocycles. The quantitative estimate of drug-likeness (QED) is 0.325. The highest BCUT2D eigenvalue weighted by Crippen LogP contribution is 2.30. The molecular weight excluding hydrogens is 498 g/mol. The summed E-state index contributed by atoms with van der Waals surface area (Å²) in [6.45, 7) is 16.5. The summed E-state index contributed by atoms with van der Waals surface area (Å²) in [4.78, 5) is 22.3. The van der Waals surface area contributed by atoms with E-state index in [-0.39, 0.29) is 23.2 Å². The number of pyridine rings is 1. The summed E-state index contributed by atoms with van der Waals surface area (Å²) in [6, 6.07) is 7.99. The van der Waals surface area contributed by atoms with Crippen molar-refractivity contribution in [1.29, 1.82) is 0 Å². The summed E-state index contributed by atoms with van der Waals surface area (Å²) in [7, 11) is 0. The Morgan fingerprint density at radius 1 is 1.00 bits per heavy atom. The van der Waals surface area contributed by atoms with Crippen LogP contribution in [0.2, 0.25) is 0 Å². The van der Waals surface area contributed by atoms with Crippen LogP contribution in [0.25, 0.3) is 22.3 Å². The number of anilines is 2. The number of hydrogen-bond donors (Lipinski definition) is 1. The van der Waals surface area contributed by atoms with E-state index in [0.717, 1.165) is 37.9 Å². The Balaban J connectivity index is 1.34. The molecule has 0 unspecified atom stereocenters. The normalized spacial score (nSPS) is 18.8. The van der Waals surface area contributed by atoms with Crippen molar-refractivity contribution in [2.75, 3.05) is 25.0 Å². The molecule has 8 nitrogen and oxygen atoms in total. The maximum Gasteiger partial charge on any atom is 0.229 e. The van der Waals surface area contributed by atoms with Crippen LogP contribution in [0.5, 0.6) is 0 Å². The third-order valence-electron chi connectivity index (χ3n) is 7.47. The first-order valence-electron chi connectivity index (χ1n) is 13.6. The van der Waals surface area contributed by atoms with Gasteiger partial charge in [0.2, 0.25) is 5.95 Å². The fourth-order valence-electron chi connectivity index (χ4n) is 5.87. The third-order valence-corrected chi connectivity index (χ3v) is 7.47. The van der Waals surface area contributed by atoms with E-state index in [0.29, 0.717) is 34.8 Å². The maximum atomic E-state index is 15.0. The van der Waals surface area contributed by atoms with Crippen LogP contribution in [0.15, 0.2) is 36.7 Å². The number of fused-ring (bicyclic) bond motifs is 1. The molecule has 4 aromatic rings. The molecule has 1 aromatic carbocycles. The second-order valence-electron chi connectivity index (χ2n) is 10.7. The Hall–Kier alpha value is -3.50. The van der Waals surface area contributed by atoms with Gasteiger partial charge in [-0.05, 0) is 64.9 Å². The van der Waals surface area contributed by atoms with Crippen LogP contribution in [0, 0.1) is 18.6 Å². The molecule has 1 aliphatic heterocycles. The van der Waals surface area contributed by atoms with Crippen LogP contribution in [-0.4, -0.2) is 66.0 Å². The van der Waals surface area contributed by atoms with Gasteiger partial charge in [0.05, 0.1) is 11.7 Å². The zero-order valence-corrected chi connectivity index (χ0v) is 23.4. The molecule has 39 heavy (non-hydrogen) atoms. The molecule has 0 aliphatic carbocycles. The summed E-state index contributed by atoms with van der Waals surface area (Å²) in [5.41, 5.74) is 2.31. The number of benzene rings is 1.